The number of carbonyl (C=O) groups excluding carboxylic acids is 1. The first-order valence-corrected chi connectivity index (χ1v) is 12.8. The van der Waals surface area contributed by atoms with Gasteiger partial charge in [-0.05, 0) is 67.6 Å². The third kappa shape index (κ3) is 5.93. The summed E-state index contributed by atoms with van der Waals surface area (Å²) in [5.41, 5.74) is 2.95. The SMILES string of the molecule is COc1ccc(N(CC(=O)Nc2ccc(N3CCOCC3)cc2)S(=O)(=O)c2ccc(C)cc2)cc1. The number of benzene rings is 3. The maximum absolute atomic E-state index is 13.5. The third-order valence-electron chi connectivity index (χ3n) is 5.78. The molecule has 0 atom stereocenters. The number of sulfonamides is 1. The van der Waals surface area contributed by atoms with Gasteiger partial charge in [0.05, 0.1) is 30.9 Å². The van der Waals surface area contributed by atoms with E-state index in [4.69, 9.17) is 9.47 Å². The van der Waals surface area contributed by atoms with Crippen LogP contribution in [-0.2, 0) is 19.6 Å². The molecular weight excluding hydrogens is 466 g/mol. The number of carbonyl (C=O) groups is 1. The van der Waals surface area contributed by atoms with Gasteiger partial charge in [-0.1, -0.05) is 17.7 Å². The molecule has 4 rings (SSSR count). The number of rotatable bonds is 8. The molecular formula is C26H29N3O5S. The Morgan fingerprint density at radius 2 is 1.60 bits per heavy atom. The van der Waals surface area contributed by atoms with E-state index < -0.39 is 15.9 Å². The number of hydrogen-bond acceptors (Lipinski definition) is 6. The molecule has 1 saturated heterocycles. The molecule has 0 unspecified atom stereocenters. The minimum Gasteiger partial charge on any atom is -0.497 e. The van der Waals surface area contributed by atoms with Crippen LogP contribution in [-0.4, -0.2) is 54.3 Å². The standard InChI is InChI=1S/C26H29N3O5S/c1-20-3-13-25(14-4-20)35(31,32)29(23-9-11-24(33-2)12-10-23)19-26(30)27-21-5-7-22(8-6-21)28-15-17-34-18-16-28/h3-14H,15-19H2,1-2H3,(H,27,30). The summed E-state index contributed by atoms with van der Waals surface area (Å²) in [7, 11) is -2.45. The second-order valence-electron chi connectivity index (χ2n) is 8.22. The molecule has 0 spiro atoms. The van der Waals surface area contributed by atoms with E-state index >= 15 is 0 Å². The number of ether oxygens (including phenoxy) is 2. The quantitative estimate of drug-likeness (QED) is 0.513. The van der Waals surface area contributed by atoms with E-state index in [1.165, 1.54) is 7.11 Å². The molecule has 35 heavy (non-hydrogen) atoms. The van der Waals surface area contributed by atoms with Gasteiger partial charge in [0.15, 0.2) is 0 Å². The van der Waals surface area contributed by atoms with Crippen molar-refractivity contribution in [1.82, 2.24) is 0 Å². The first-order chi connectivity index (χ1) is 16.9. The summed E-state index contributed by atoms with van der Waals surface area (Å²) in [6.07, 6.45) is 0. The van der Waals surface area contributed by atoms with Crippen LogP contribution in [0, 0.1) is 6.92 Å². The highest BCUT2D eigenvalue weighted by atomic mass is 32.2. The van der Waals surface area contributed by atoms with Crippen molar-refractivity contribution >= 4 is 33.0 Å². The van der Waals surface area contributed by atoms with E-state index in [0.29, 0.717) is 30.3 Å². The highest BCUT2D eigenvalue weighted by Gasteiger charge is 2.27. The summed E-state index contributed by atoms with van der Waals surface area (Å²) < 4.78 is 38.7. The number of aryl methyl sites for hydroxylation is 1. The lowest BCUT2D eigenvalue weighted by molar-refractivity contribution is -0.114. The summed E-state index contributed by atoms with van der Waals surface area (Å²) in [4.78, 5) is 15.3. The Hall–Kier alpha value is -3.56. The fourth-order valence-electron chi connectivity index (χ4n) is 3.81. The lowest BCUT2D eigenvalue weighted by Crippen LogP contribution is -2.38. The Balaban J connectivity index is 1.54. The van der Waals surface area contributed by atoms with Crippen LogP contribution >= 0.6 is 0 Å². The molecule has 0 bridgehead atoms. The van der Waals surface area contributed by atoms with Gasteiger partial charge in [-0.15, -0.1) is 0 Å². The minimum absolute atomic E-state index is 0.113. The highest BCUT2D eigenvalue weighted by molar-refractivity contribution is 7.92. The van der Waals surface area contributed by atoms with E-state index in [2.05, 4.69) is 10.2 Å². The zero-order valence-electron chi connectivity index (χ0n) is 19.8. The molecule has 1 aliphatic rings. The predicted molar refractivity (Wildman–Crippen MR) is 137 cm³/mol. The van der Waals surface area contributed by atoms with Gasteiger partial charge >= 0.3 is 0 Å². The molecule has 0 radical (unpaired) electrons. The number of nitrogens with zero attached hydrogens (tertiary/aromatic N) is 2. The fraction of sp³-hybridized carbons (Fsp3) is 0.269. The Kier molecular flexibility index (Phi) is 7.57. The van der Waals surface area contributed by atoms with Crippen molar-refractivity contribution in [2.24, 2.45) is 0 Å². The van der Waals surface area contributed by atoms with Crippen molar-refractivity contribution in [1.29, 1.82) is 0 Å². The highest BCUT2D eigenvalue weighted by Crippen LogP contribution is 2.26. The number of methoxy groups -OCH3 is 1. The van der Waals surface area contributed by atoms with Crippen LogP contribution in [0.25, 0.3) is 0 Å². The van der Waals surface area contributed by atoms with Crippen molar-refractivity contribution in [3.8, 4) is 5.75 Å². The summed E-state index contributed by atoms with van der Waals surface area (Å²) in [6, 6.07) is 20.6. The summed E-state index contributed by atoms with van der Waals surface area (Å²) in [5, 5.41) is 2.81. The van der Waals surface area contributed by atoms with Crippen LogP contribution in [0.3, 0.4) is 0 Å². The molecule has 3 aromatic carbocycles. The lowest BCUT2D eigenvalue weighted by atomic mass is 10.2. The topological polar surface area (TPSA) is 88.2 Å². The number of anilines is 3. The second-order valence-corrected chi connectivity index (χ2v) is 10.1. The first kappa shape index (κ1) is 24.6. The van der Waals surface area contributed by atoms with Crippen molar-refractivity contribution in [2.75, 3.05) is 54.5 Å². The number of amides is 1. The molecule has 1 aliphatic heterocycles. The van der Waals surface area contributed by atoms with Crippen LogP contribution in [0.1, 0.15) is 5.56 Å². The number of nitrogens with one attached hydrogen (secondary N) is 1. The van der Waals surface area contributed by atoms with Gasteiger partial charge in [0.25, 0.3) is 10.0 Å². The molecule has 1 fully saturated rings. The maximum Gasteiger partial charge on any atom is 0.264 e. The average molecular weight is 496 g/mol. The maximum atomic E-state index is 13.5. The summed E-state index contributed by atoms with van der Waals surface area (Å²) >= 11 is 0. The molecule has 1 amide bonds. The van der Waals surface area contributed by atoms with Crippen LogP contribution in [0.5, 0.6) is 5.75 Å². The van der Waals surface area contributed by atoms with Crippen LogP contribution in [0.15, 0.2) is 77.7 Å². The Morgan fingerprint density at radius 3 is 2.20 bits per heavy atom. The Labute approximate surface area is 206 Å². The number of morpholine rings is 1. The normalized spacial score (nSPS) is 13.8. The predicted octanol–water partition coefficient (Wildman–Crippen LogP) is 3.67. The molecule has 9 heteroatoms. The third-order valence-corrected chi connectivity index (χ3v) is 7.57. The molecule has 184 valence electrons. The molecule has 0 aliphatic carbocycles. The first-order valence-electron chi connectivity index (χ1n) is 11.3. The smallest absolute Gasteiger partial charge is 0.264 e. The van der Waals surface area contributed by atoms with Crippen molar-refractivity contribution < 1.29 is 22.7 Å². The second kappa shape index (κ2) is 10.8. The van der Waals surface area contributed by atoms with E-state index in [1.807, 2.05) is 31.2 Å². The van der Waals surface area contributed by atoms with E-state index in [1.54, 1.807) is 48.5 Å². The van der Waals surface area contributed by atoms with Gasteiger partial charge < -0.3 is 19.7 Å². The van der Waals surface area contributed by atoms with Crippen molar-refractivity contribution in [3.05, 3.63) is 78.4 Å². The van der Waals surface area contributed by atoms with Gasteiger partial charge in [-0.25, -0.2) is 8.42 Å². The summed E-state index contributed by atoms with van der Waals surface area (Å²) in [5.74, 6) is 0.141. The Morgan fingerprint density at radius 1 is 0.971 bits per heavy atom. The van der Waals surface area contributed by atoms with Gasteiger partial charge in [-0.2, -0.15) is 0 Å². The Bertz CT molecular complexity index is 1240. The van der Waals surface area contributed by atoms with Crippen molar-refractivity contribution in [3.63, 3.8) is 0 Å². The molecule has 0 saturated carbocycles. The van der Waals surface area contributed by atoms with E-state index in [-0.39, 0.29) is 11.4 Å². The van der Waals surface area contributed by atoms with Crippen LogP contribution < -0.4 is 19.3 Å². The zero-order valence-corrected chi connectivity index (χ0v) is 20.6. The molecule has 1 N–H and O–H groups in total. The summed E-state index contributed by atoms with van der Waals surface area (Å²) in [6.45, 7) is 4.52. The zero-order chi connectivity index (χ0) is 24.8. The van der Waals surface area contributed by atoms with Crippen LogP contribution in [0.4, 0.5) is 17.1 Å². The largest absolute Gasteiger partial charge is 0.497 e. The molecule has 0 aromatic heterocycles. The number of hydrogen-bond donors (Lipinski definition) is 1. The lowest BCUT2D eigenvalue weighted by Gasteiger charge is -2.29. The molecule has 1 heterocycles. The van der Waals surface area contributed by atoms with Gasteiger partial charge in [0.2, 0.25) is 5.91 Å². The van der Waals surface area contributed by atoms with Crippen molar-refractivity contribution in [2.45, 2.75) is 11.8 Å². The van der Waals surface area contributed by atoms with Gasteiger partial charge in [-0.3, -0.25) is 9.10 Å². The van der Waals surface area contributed by atoms with E-state index in [0.717, 1.165) is 28.6 Å². The van der Waals surface area contributed by atoms with Gasteiger partial charge in [0, 0.05) is 24.5 Å². The van der Waals surface area contributed by atoms with Gasteiger partial charge in [0.1, 0.15) is 12.3 Å². The monoisotopic (exact) mass is 495 g/mol. The average Bonchev–Trinajstić information content (AvgIpc) is 2.88. The molecule has 8 nitrogen and oxygen atoms in total. The molecule has 3 aromatic rings. The van der Waals surface area contributed by atoms with Crippen LogP contribution in [0.2, 0.25) is 0 Å². The fourth-order valence-corrected chi connectivity index (χ4v) is 5.23. The minimum atomic E-state index is -3.99. The van der Waals surface area contributed by atoms with E-state index in [9.17, 15) is 13.2 Å².